The van der Waals surface area contributed by atoms with E-state index in [1.165, 1.54) is 0 Å². The van der Waals surface area contributed by atoms with Gasteiger partial charge in [-0.1, -0.05) is 0 Å². The summed E-state index contributed by atoms with van der Waals surface area (Å²) in [7, 11) is 1.62. The van der Waals surface area contributed by atoms with Crippen LogP contribution in [0.5, 0.6) is 5.75 Å². The van der Waals surface area contributed by atoms with Crippen molar-refractivity contribution in [3.63, 3.8) is 0 Å². The predicted octanol–water partition coefficient (Wildman–Crippen LogP) is 1.87. The van der Waals surface area contributed by atoms with E-state index in [4.69, 9.17) is 9.47 Å². The molecule has 0 aliphatic carbocycles. The molecule has 19 heavy (non-hydrogen) atoms. The first-order valence-corrected chi connectivity index (χ1v) is 6.66. The van der Waals surface area contributed by atoms with Crippen LogP contribution in [-0.2, 0) is 9.53 Å². The normalized spacial score (nSPS) is 19.1. The average molecular weight is 264 g/mol. The van der Waals surface area contributed by atoms with E-state index in [2.05, 4.69) is 9.88 Å². The van der Waals surface area contributed by atoms with E-state index in [-0.39, 0.29) is 11.9 Å². The van der Waals surface area contributed by atoms with Crippen molar-refractivity contribution in [3.8, 4) is 5.75 Å². The smallest absolute Gasteiger partial charge is 0.310 e. The molecule has 0 N–H and O–H groups in total. The summed E-state index contributed by atoms with van der Waals surface area (Å²) in [5.41, 5.74) is 0. The first-order chi connectivity index (χ1) is 9.24. The highest BCUT2D eigenvalue weighted by Crippen LogP contribution is 2.23. The second kappa shape index (κ2) is 6.41. The molecule has 5 heteroatoms. The molecular weight excluding hydrogens is 244 g/mol. The number of ether oxygens (including phenoxy) is 2. The van der Waals surface area contributed by atoms with Gasteiger partial charge in [-0.15, -0.1) is 0 Å². The maximum atomic E-state index is 11.8. The Morgan fingerprint density at radius 2 is 2.37 bits per heavy atom. The number of nitrogens with zero attached hydrogens (tertiary/aromatic N) is 2. The Balaban J connectivity index is 2.01. The van der Waals surface area contributed by atoms with Gasteiger partial charge in [0.1, 0.15) is 11.6 Å². The van der Waals surface area contributed by atoms with Gasteiger partial charge in [-0.2, -0.15) is 0 Å². The Labute approximate surface area is 113 Å². The Morgan fingerprint density at radius 3 is 3.00 bits per heavy atom. The summed E-state index contributed by atoms with van der Waals surface area (Å²) in [4.78, 5) is 18.3. The lowest BCUT2D eigenvalue weighted by Crippen LogP contribution is -2.39. The lowest BCUT2D eigenvalue weighted by atomic mass is 9.98. The highest BCUT2D eigenvalue weighted by atomic mass is 16.5. The van der Waals surface area contributed by atoms with Crippen molar-refractivity contribution in [1.29, 1.82) is 0 Å². The van der Waals surface area contributed by atoms with Gasteiger partial charge >= 0.3 is 5.97 Å². The SMILES string of the molecule is CCOC(=O)C1CCCN(c2ccc(OC)cn2)C1. The van der Waals surface area contributed by atoms with Gasteiger partial charge in [-0.25, -0.2) is 4.98 Å². The largest absolute Gasteiger partial charge is 0.495 e. The fourth-order valence-corrected chi connectivity index (χ4v) is 2.32. The van der Waals surface area contributed by atoms with Gasteiger partial charge in [0, 0.05) is 13.1 Å². The van der Waals surface area contributed by atoms with Crippen molar-refractivity contribution in [3.05, 3.63) is 18.3 Å². The number of anilines is 1. The maximum absolute atomic E-state index is 11.8. The number of piperidine rings is 1. The van der Waals surface area contributed by atoms with Crippen LogP contribution in [0.4, 0.5) is 5.82 Å². The van der Waals surface area contributed by atoms with Crippen LogP contribution in [0, 0.1) is 5.92 Å². The summed E-state index contributed by atoms with van der Waals surface area (Å²) in [5.74, 6) is 1.48. The molecule has 2 heterocycles. The van der Waals surface area contributed by atoms with E-state index in [0.717, 1.165) is 31.0 Å². The first-order valence-electron chi connectivity index (χ1n) is 6.66. The standard InChI is InChI=1S/C14H20N2O3/c1-3-19-14(17)11-5-4-8-16(10-11)13-7-6-12(18-2)9-15-13/h6-7,9,11H,3-5,8,10H2,1-2H3. The van der Waals surface area contributed by atoms with Crippen LogP contribution in [0.2, 0.25) is 0 Å². The number of hydrogen-bond donors (Lipinski definition) is 0. The van der Waals surface area contributed by atoms with Crippen LogP contribution in [-0.4, -0.2) is 37.8 Å². The van der Waals surface area contributed by atoms with E-state index in [1.54, 1.807) is 13.3 Å². The van der Waals surface area contributed by atoms with E-state index in [1.807, 2.05) is 19.1 Å². The number of carbonyl (C=O) groups excluding carboxylic acids is 1. The minimum absolute atomic E-state index is 0.0439. The fourth-order valence-electron chi connectivity index (χ4n) is 2.32. The summed E-state index contributed by atoms with van der Waals surface area (Å²) in [6.07, 6.45) is 3.58. The number of aromatic nitrogens is 1. The summed E-state index contributed by atoms with van der Waals surface area (Å²) in [5, 5.41) is 0. The van der Waals surface area contributed by atoms with Crippen molar-refractivity contribution in [2.24, 2.45) is 5.92 Å². The summed E-state index contributed by atoms with van der Waals surface area (Å²) in [6, 6.07) is 3.81. The summed E-state index contributed by atoms with van der Waals surface area (Å²) in [6.45, 7) is 3.88. The lowest BCUT2D eigenvalue weighted by molar-refractivity contribution is -0.148. The fraction of sp³-hybridized carbons (Fsp3) is 0.571. The Hall–Kier alpha value is -1.78. The predicted molar refractivity (Wildman–Crippen MR) is 72.4 cm³/mol. The van der Waals surface area contributed by atoms with Crippen LogP contribution in [0.3, 0.4) is 0 Å². The molecule has 5 nitrogen and oxygen atoms in total. The number of pyridine rings is 1. The average Bonchev–Trinajstić information content (AvgIpc) is 2.48. The quantitative estimate of drug-likeness (QED) is 0.777. The molecule has 2 rings (SSSR count). The molecule has 1 saturated heterocycles. The highest BCUT2D eigenvalue weighted by Gasteiger charge is 2.27. The van der Waals surface area contributed by atoms with Gasteiger partial charge in [-0.05, 0) is 31.9 Å². The molecule has 1 aliphatic rings. The van der Waals surface area contributed by atoms with E-state index in [0.29, 0.717) is 13.2 Å². The number of hydrogen-bond acceptors (Lipinski definition) is 5. The van der Waals surface area contributed by atoms with Gasteiger partial charge in [0.15, 0.2) is 0 Å². The zero-order valence-corrected chi connectivity index (χ0v) is 11.5. The van der Waals surface area contributed by atoms with Crippen molar-refractivity contribution in [2.45, 2.75) is 19.8 Å². The molecule has 104 valence electrons. The monoisotopic (exact) mass is 264 g/mol. The third kappa shape index (κ3) is 3.36. The minimum atomic E-state index is -0.0966. The number of rotatable bonds is 4. The van der Waals surface area contributed by atoms with E-state index >= 15 is 0 Å². The van der Waals surface area contributed by atoms with Gasteiger partial charge in [0.2, 0.25) is 0 Å². The summed E-state index contributed by atoms with van der Waals surface area (Å²) >= 11 is 0. The molecule has 0 aromatic carbocycles. The second-order valence-corrected chi connectivity index (χ2v) is 4.59. The molecule has 0 spiro atoms. The zero-order chi connectivity index (χ0) is 13.7. The number of esters is 1. The molecule has 0 bridgehead atoms. The van der Waals surface area contributed by atoms with Crippen molar-refractivity contribution in [1.82, 2.24) is 4.98 Å². The van der Waals surface area contributed by atoms with Crippen LogP contribution in [0.1, 0.15) is 19.8 Å². The molecule has 1 aromatic rings. The van der Waals surface area contributed by atoms with Gasteiger partial charge in [0.05, 0.1) is 25.8 Å². The van der Waals surface area contributed by atoms with Crippen molar-refractivity contribution < 1.29 is 14.3 Å². The van der Waals surface area contributed by atoms with Crippen molar-refractivity contribution >= 4 is 11.8 Å². The second-order valence-electron chi connectivity index (χ2n) is 4.59. The Morgan fingerprint density at radius 1 is 1.53 bits per heavy atom. The Kier molecular flexibility index (Phi) is 4.60. The van der Waals surface area contributed by atoms with E-state index in [9.17, 15) is 4.79 Å². The molecule has 1 fully saturated rings. The van der Waals surface area contributed by atoms with Gasteiger partial charge < -0.3 is 14.4 Å². The van der Waals surface area contributed by atoms with Crippen LogP contribution in [0.15, 0.2) is 18.3 Å². The molecule has 1 aromatic heterocycles. The zero-order valence-electron chi connectivity index (χ0n) is 11.5. The lowest BCUT2D eigenvalue weighted by Gasteiger charge is -2.32. The van der Waals surface area contributed by atoms with Crippen LogP contribution in [0.25, 0.3) is 0 Å². The Bertz CT molecular complexity index is 419. The molecule has 0 amide bonds. The van der Waals surface area contributed by atoms with E-state index < -0.39 is 0 Å². The van der Waals surface area contributed by atoms with Crippen LogP contribution < -0.4 is 9.64 Å². The van der Waals surface area contributed by atoms with Crippen molar-refractivity contribution in [2.75, 3.05) is 31.7 Å². The molecular formula is C14H20N2O3. The van der Waals surface area contributed by atoms with Gasteiger partial charge in [0.25, 0.3) is 0 Å². The third-order valence-electron chi connectivity index (χ3n) is 3.32. The number of methoxy groups -OCH3 is 1. The minimum Gasteiger partial charge on any atom is -0.495 e. The maximum Gasteiger partial charge on any atom is 0.310 e. The molecule has 0 saturated carbocycles. The molecule has 1 aliphatic heterocycles. The molecule has 1 atom stereocenters. The third-order valence-corrected chi connectivity index (χ3v) is 3.32. The van der Waals surface area contributed by atoms with Gasteiger partial charge in [-0.3, -0.25) is 4.79 Å². The number of carbonyl (C=O) groups is 1. The summed E-state index contributed by atoms with van der Waals surface area (Å²) < 4.78 is 10.2. The molecule has 0 radical (unpaired) electrons. The topological polar surface area (TPSA) is 51.7 Å². The van der Waals surface area contributed by atoms with Crippen LogP contribution >= 0.6 is 0 Å². The highest BCUT2D eigenvalue weighted by molar-refractivity contribution is 5.73. The first kappa shape index (κ1) is 13.6. The molecule has 1 unspecified atom stereocenters.